The molecule has 1 amide bonds. The maximum atomic E-state index is 12.0. The molecule has 0 bridgehead atoms. The molecule has 9 nitrogen and oxygen atoms in total. The third kappa shape index (κ3) is 4.03. The lowest BCUT2D eigenvalue weighted by Crippen LogP contribution is -2.48. The molecule has 0 unspecified atom stereocenters. The first-order chi connectivity index (χ1) is 16.0. The van der Waals surface area contributed by atoms with Crippen molar-refractivity contribution in [3.8, 4) is 23.0 Å². The first-order valence-corrected chi connectivity index (χ1v) is 10.9. The molecule has 9 heteroatoms. The van der Waals surface area contributed by atoms with E-state index >= 15 is 0 Å². The van der Waals surface area contributed by atoms with E-state index in [1.807, 2.05) is 43.1 Å². The highest BCUT2D eigenvalue weighted by atomic mass is 16.2. The molecular weight excluding hydrogens is 416 g/mol. The van der Waals surface area contributed by atoms with Gasteiger partial charge < -0.3 is 14.8 Å². The second kappa shape index (κ2) is 8.39. The molecular formula is C24H24N8O. The number of nitrogens with one attached hydrogen (secondary N) is 1. The lowest BCUT2D eigenvalue weighted by Gasteiger charge is -2.35. The van der Waals surface area contributed by atoms with Gasteiger partial charge in [0.15, 0.2) is 0 Å². The number of aromatic amines is 1. The number of H-pyrrole nitrogens is 1. The number of carbonyl (C=O) groups excluding carboxylic acids is 1. The summed E-state index contributed by atoms with van der Waals surface area (Å²) in [4.78, 5) is 28.4. The fourth-order valence-electron chi connectivity index (χ4n) is 4.09. The third-order valence-electron chi connectivity index (χ3n) is 6.11. The molecule has 33 heavy (non-hydrogen) atoms. The SMILES string of the molecule is Cc1cn(-c2cnc3[nH]c(-c4ccnc(N5CCN(C(=O)CC#N)CC5)c4)cc3c2)nc1C. The molecule has 0 atom stereocenters. The molecule has 0 aromatic carbocycles. The van der Waals surface area contributed by atoms with Crippen LogP contribution < -0.4 is 4.90 Å². The lowest BCUT2D eigenvalue weighted by atomic mass is 10.1. The van der Waals surface area contributed by atoms with E-state index in [4.69, 9.17) is 5.26 Å². The largest absolute Gasteiger partial charge is 0.353 e. The molecule has 1 N–H and O–H groups in total. The highest BCUT2D eigenvalue weighted by Gasteiger charge is 2.22. The maximum absolute atomic E-state index is 12.0. The van der Waals surface area contributed by atoms with Crippen LogP contribution in [0.1, 0.15) is 17.7 Å². The maximum Gasteiger partial charge on any atom is 0.236 e. The number of nitriles is 1. The minimum atomic E-state index is -0.107. The Balaban J connectivity index is 1.37. The van der Waals surface area contributed by atoms with Crippen molar-refractivity contribution in [2.75, 3.05) is 31.1 Å². The molecule has 1 aliphatic heterocycles. The molecule has 0 radical (unpaired) electrons. The summed E-state index contributed by atoms with van der Waals surface area (Å²) in [6, 6.07) is 10.1. The first-order valence-electron chi connectivity index (χ1n) is 10.9. The van der Waals surface area contributed by atoms with E-state index in [1.54, 1.807) is 11.1 Å². The van der Waals surface area contributed by atoms with Crippen molar-refractivity contribution in [2.24, 2.45) is 0 Å². The molecule has 4 aromatic heterocycles. The van der Waals surface area contributed by atoms with Crippen LogP contribution in [0.2, 0.25) is 0 Å². The third-order valence-corrected chi connectivity index (χ3v) is 6.11. The Hall–Kier alpha value is -4.19. The number of hydrogen-bond donors (Lipinski definition) is 1. The Bertz CT molecular complexity index is 1350. The summed E-state index contributed by atoms with van der Waals surface area (Å²) in [7, 11) is 0. The van der Waals surface area contributed by atoms with Crippen molar-refractivity contribution in [3.63, 3.8) is 0 Å². The number of piperazine rings is 1. The Kier molecular flexibility index (Phi) is 5.26. The monoisotopic (exact) mass is 440 g/mol. The van der Waals surface area contributed by atoms with Gasteiger partial charge in [-0.2, -0.15) is 10.4 Å². The minimum Gasteiger partial charge on any atom is -0.353 e. The van der Waals surface area contributed by atoms with Gasteiger partial charge in [-0.1, -0.05) is 0 Å². The molecule has 0 spiro atoms. The molecule has 1 fully saturated rings. The van der Waals surface area contributed by atoms with E-state index in [0.717, 1.165) is 45.1 Å². The van der Waals surface area contributed by atoms with Gasteiger partial charge in [-0.3, -0.25) is 4.79 Å². The van der Waals surface area contributed by atoms with Gasteiger partial charge in [-0.15, -0.1) is 0 Å². The van der Waals surface area contributed by atoms with Gasteiger partial charge in [-0.25, -0.2) is 14.6 Å². The average molecular weight is 441 g/mol. The van der Waals surface area contributed by atoms with Crippen LogP contribution in [0, 0.1) is 25.2 Å². The highest BCUT2D eigenvalue weighted by Crippen LogP contribution is 2.27. The van der Waals surface area contributed by atoms with Crippen molar-refractivity contribution in [2.45, 2.75) is 20.3 Å². The number of aryl methyl sites for hydroxylation is 2. The van der Waals surface area contributed by atoms with E-state index in [0.29, 0.717) is 26.2 Å². The van der Waals surface area contributed by atoms with Crippen LogP contribution in [0.4, 0.5) is 5.82 Å². The summed E-state index contributed by atoms with van der Waals surface area (Å²) < 4.78 is 1.86. The smallest absolute Gasteiger partial charge is 0.236 e. The lowest BCUT2D eigenvalue weighted by molar-refractivity contribution is -0.130. The summed E-state index contributed by atoms with van der Waals surface area (Å²) in [6.07, 6.45) is 5.56. The van der Waals surface area contributed by atoms with Crippen molar-refractivity contribution in [1.82, 2.24) is 29.6 Å². The quantitative estimate of drug-likeness (QED) is 0.523. The fraction of sp³-hybridized carbons (Fsp3) is 0.292. The number of rotatable bonds is 4. The van der Waals surface area contributed by atoms with Crippen molar-refractivity contribution < 1.29 is 4.79 Å². The number of aromatic nitrogens is 5. The average Bonchev–Trinajstić information content (AvgIpc) is 3.42. The number of amides is 1. The summed E-state index contributed by atoms with van der Waals surface area (Å²) in [5.74, 6) is 0.763. The standard InChI is InChI=1S/C24H24N8O/c1-16-15-32(29-17(16)2)20-11-19-12-21(28-24(19)27-14-20)18-4-6-26-22(13-18)30-7-9-31(10-8-30)23(33)3-5-25/h4,6,11-15H,3,7-10H2,1-2H3,(H,27,28). The van der Waals surface area contributed by atoms with Crippen LogP contribution in [0.3, 0.4) is 0 Å². The number of pyridine rings is 2. The number of hydrogen-bond acceptors (Lipinski definition) is 6. The molecule has 1 saturated heterocycles. The van der Waals surface area contributed by atoms with Crippen LogP contribution in [0.15, 0.2) is 42.9 Å². The van der Waals surface area contributed by atoms with Gasteiger partial charge in [-0.05, 0) is 43.7 Å². The van der Waals surface area contributed by atoms with E-state index in [1.165, 1.54) is 0 Å². The zero-order valence-electron chi connectivity index (χ0n) is 18.6. The Morgan fingerprint density at radius 3 is 2.70 bits per heavy atom. The van der Waals surface area contributed by atoms with E-state index in [9.17, 15) is 4.79 Å². The topological polar surface area (TPSA) is 107 Å². The normalized spacial score (nSPS) is 14.0. The Labute approximate surface area is 191 Å². The van der Waals surface area contributed by atoms with Crippen LogP contribution >= 0.6 is 0 Å². The van der Waals surface area contributed by atoms with Crippen molar-refractivity contribution >= 4 is 22.8 Å². The molecule has 166 valence electrons. The van der Waals surface area contributed by atoms with Crippen molar-refractivity contribution in [1.29, 1.82) is 5.26 Å². The van der Waals surface area contributed by atoms with E-state index in [-0.39, 0.29) is 12.3 Å². The van der Waals surface area contributed by atoms with Crippen LogP contribution in [-0.2, 0) is 4.79 Å². The van der Waals surface area contributed by atoms with E-state index in [2.05, 4.69) is 43.1 Å². The highest BCUT2D eigenvalue weighted by molar-refractivity contribution is 5.84. The number of fused-ring (bicyclic) bond motifs is 1. The number of anilines is 1. The first kappa shape index (κ1) is 20.7. The number of nitrogens with zero attached hydrogens (tertiary/aromatic N) is 7. The Morgan fingerprint density at radius 2 is 1.97 bits per heavy atom. The van der Waals surface area contributed by atoms with E-state index < -0.39 is 0 Å². The molecule has 0 saturated carbocycles. The summed E-state index contributed by atoms with van der Waals surface area (Å²) >= 11 is 0. The summed E-state index contributed by atoms with van der Waals surface area (Å²) in [6.45, 7) is 6.61. The van der Waals surface area contributed by atoms with Crippen LogP contribution in [-0.4, -0.2) is 61.7 Å². The van der Waals surface area contributed by atoms with Gasteiger partial charge >= 0.3 is 0 Å². The van der Waals surface area contributed by atoms with Gasteiger partial charge in [0.25, 0.3) is 0 Å². The predicted molar refractivity (Wildman–Crippen MR) is 125 cm³/mol. The zero-order valence-corrected chi connectivity index (χ0v) is 18.6. The van der Waals surface area contributed by atoms with Crippen molar-refractivity contribution in [3.05, 3.63) is 54.1 Å². The summed E-state index contributed by atoms with van der Waals surface area (Å²) in [5, 5.41) is 14.3. The summed E-state index contributed by atoms with van der Waals surface area (Å²) in [5.41, 5.74) is 5.87. The number of carbonyl (C=O) groups is 1. The second-order valence-corrected chi connectivity index (χ2v) is 8.26. The van der Waals surface area contributed by atoms with Gasteiger partial charge in [0, 0.05) is 55.2 Å². The Morgan fingerprint density at radius 1 is 1.15 bits per heavy atom. The van der Waals surface area contributed by atoms with Gasteiger partial charge in [0.2, 0.25) is 5.91 Å². The molecule has 4 aromatic rings. The second-order valence-electron chi connectivity index (χ2n) is 8.26. The zero-order chi connectivity index (χ0) is 22.9. The van der Waals surface area contributed by atoms with Crippen LogP contribution in [0.5, 0.6) is 0 Å². The van der Waals surface area contributed by atoms with Crippen LogP contribution in [0.25, 0.3) is 28.0 Å². The molecule has 5 rings (SSSR count). The fourth-order valence-corrected chi connectivity index (χ4v) is 4.09. The predicted octanol–water partition coefficient (Wildman–Crippen LogP) is 2.99. The van der Waals surface area contributed by atoms with Gasteiger partial charge in [0.05, 0.1) is 23.6 Å². The minimum absolute atomic E-state index is 0.0660. The molecule has 5 heterocycles. The molecule has 0 aliphatic carbocycles. The van der Waals surface area contributed by atoms with Gasteiger partial charge in [0.1, 0.15) is 17.9 Å². The molecule has 1 aliphatic rings.